The van der Waals surface area contributed by atoms with Gasteiger partial charge in [0.25, 0.3) is 0 Å². The number of carbonyl (C=O) groups is 1. The molecule has 0 unspecified atom stereocenters. The highest BCUT2D eigenvalue weighted by Crippen LogP contribution is 2.25. The van der Waals surface area contributed by atoms with E-state index < -0.39 is 17.0 Å². The van der Waals surface area contributed by atoms with E-state index in [2.05, 4.69) is 10.1 Å². The highest BCUT2D eigenvalue weighted by Gasteiger charge is 2.28. The smallest absolute Gasteiger partial charge is 0.423 e. The molecule has 160 valence electrons. The number of nitrogens with zero attached hydrogens (tertiary/aromatic N) is 2. The van der Waals surface area contributed by atoms with Crippen molar-refractivity contribution in [2.24, 2.45) is 0 Å². The summed E-state index contributed by atoms with van der Waals surface area (Å²) in [5.74, 6) is 0.498. The monoisotopic (exact) mass is 440 g/mol. The number of rotatable bonds is 7. The van der Waals surface area contributed by atoms with Crippen LogP contribution in [0.4, 0.5) is 0 Å². The minimum Gasteiger partial charge on any atom is -0.423 e. The van der Waals surface area contributed by atoms with E-state index in [1.807, 2.05) is 0 Å². The summed E-state index contributed by atoms with van der Waals surface area (Å²) < 4.78 is 36.8. The highest BCUT2D eigenvalue weighted by molar-refractivity contribution is 7.90. The van der Waals surface area contributed by atoms with E-state index in [-0.39, 0.29) is 29.3 Å². The molecule has 10 heteroatoms. The molecule has 0 aliphatic carbocycles. The lowest BCUT2D eigenvalue weighted by Gasteiger charge is -2.12. The topological polar surface area (TPSA) is 120 Å². The van der Waals surface area contributed by atoms with Gasteiger partial charge < -0.3 is 14.2 Å². The number of carbonyl (C=O) groups excluding carboxylic acids is 1. The predicted octanol–water partition coefficient (Wildman–Crippen LogP) is 1.29. The fourth-order valence-corrected chi connectivity index (χ4v) is 5.29. The van der Waals surface area contributed by atoms with Crippen molar-refractivity contribution in [3.63, 3.8) is 0 Å². The van der Waals surface area contributed by atoms with Gasteiger partial charge in [0, 0.05) is 19.8 Å². The average molecular weight is 440 g/mol. The van der Waals surface area contributed by atoms with E-state index in [4.69, 9.17) is 9.18 Å². The molecule has 0 bridgehead atoms. The Labute approximate surface area is 180 Å². The maximum atomic E-state index is 13.3. The van der Waals surface area contributed by atoms with Crippen molar-refractivity contribution >= 4 is 28.2 Å². The third kappa shape index (κ3) is 4.76. The van der Waals surface area contributed by atoms with E-state index in [0.29, 0.717) is 34.9 Å². The molecule has 1 aliphatic rings. The standard InChI is InChI=1S/C21H21BN2O6S/c1-13(25)7-15-4-6-20(18(8-15)10-21-23-14(2)30-24-21)31(27,28)12-16-3-5-17-11-29-22(26)19(17)9-16/h3-6,8-9,26H,7,10-12H2,1-2H3. The van der Waals surface area contributed by atoms with Gasteiger partial charge in [-0.1, -0.05) is 35.5 Å². The van der Waals surface area contributed by atoms with Gasteiger partial charge in [0.15, 0.2) is 15.7 Å². The van der Waals surface area contributed by atoms with Crippen molar-refractivity contribution in [1.82, 2.24) is 10.1 Å². The molecule has 1 aliphatic heterocycles. The van der Waals surface area contributed by atoms with E-state index in [0.717, 1.165) is 11.1 Å². The molecule has 8 nitrogen and oxygen atoms in total. The van der Waals surface area contributed by atoms with Gasteiger partial charge in [-0.25, -0.2) is 8.42 Å². The molecule has 0 amide bonds. The van der Waals surface area contributed by atoms with E-state index in [9.17, 15) is 18.2 Å². The van der Waals surface area contributed by atoms with E-state index in [1.54, 1.807) is 37.3 Å². The summed E-state index contributed by atoms with van der Waals surface area (Å²) in [5.41, 5.74) is 3.21. The van der Waals surface area contributed by atoms with Crippen LogP contribution in [0.25, 0.3) is 0 Å². The third-order valence-electron chi connectivity index (χ3n) is 5.06. The summed E-state index contributed by atoms with van der Waals surface area (Å²) in [4.78, 5) is 15.9. The van der Waals surface area contributed by atoms with Crippen molar-refractivity contribution in [3.05, 3.63) is 70.4 Å². The fourth-order valence-electron chi connectivity index (χ4n) is 3.71. The molecule has 2 aromatic carbocycles. The fraction of sp³-hybridized carbons (Fsp3) is 0.286. The predicted molar refractivity (Wildman–Crippen MR) is 112 cm³/mol. The van der Waals surface area contributed by atoms with Gasteiger partial charge >= 0.3 is 7.12 Å². The van der Waals surface area contributed by atoms with Crippen LogP contribution in [0.1, 0.15) is 40.9 Å². The second-order valence-corrected chi connectivity index (χ2v) is 9.64. The van der Waals surface area contributed by atoms with Gasteiger partial charge in [-0.3, -0.25) is 4.79 Å². The highest BCUT2D eigenvalue weighted by atomic mass is 32.2. The average Bonchev–Trinajstić information content (AvgIpc) is 3.26. The summed E-state index contributed by atoms with van der Waals surface area (Å²) in [6.45, 7) is 3.45. The summed E-state index contributed by atoms with van der Waals surface area (Å²) in [7, 11) is -4.77. The van der Waals surface area contributed by atoms with Crippen LogP contribution in [-0.4, -0.2) is 36.5 Å². The molecular formula is C21H21BN2O6S. The number of hydrogen-bond acceptors (Lipinski definition) is 8. The van der Waals surface area contributed by atoms with Crippen LogP contribution in [0.2, 0.25) is 0 Å². The Hall–Kier alpha value is -2.82. The lowest BCUT2D eigenvalue weighted by Crippen LogP contribution is -2.28. The van der Waals surface area contributed by atoms with E-state index >= 15 is 0 Å². The van der Waals surface area contributed by atoms with Crippen LogP contribution < -0.4 is 5.46 Å². The molecule has 0 radical (unpaired) electrons. The molecule has 0 spiro atoms. The lowest BCUT2D eigenvalue weighted by molar-refractivity contribution is -0.116. The van der Waals surface area contributed by atoms with Crippen LogP contribution in [0.5, 0.6) is 0 Å². The largest absolute Gasteiger partial charge is 0.491 e. The van der Waals surface area contributed by atoms with Crippen molar-refractivity contribution in [2.75, 3.05) is 0 Å². The summed E-state index contributed by atoms with van der Waals surface area (Å²) in [6, 6.07) is 10.1. The maximum absolute atomic E-state index is 13.3. The minimum absolute atomic E-state index is 0.0177. The Morgan fingerprint density at radius 1 is 1.19 bits per heavy atom. The van der Waals surface area contributed by atoms with Gasteiger partial charge in [-0.05, 0) is 40.7 Å². The van der Waals surface area contributed by atoms with Crippen molar-refractivity contribution in [3.8, 4) is 0 Å². The number of benzene rings is 2. The summed E-state index contributed by atoms with van der Waals surface area (Å²) >= 11 is 0. The summed E-state index contributed by atoms with van der Waals surface area (Å²) in [5, 5.41) is 13.8. The van der Waals surface area contributed by atoms with Crippen LogP contribution in [0.3, 0.4) is 0 Å². The van der Waals surface area contributed by atoms with Crippen molar-refractivity contribution < 1.29 is 27.4 Å². The number of sulfone groups is 1. The quantitative estimate of drug-likeness (QED) is 0.546. The van der Waals surface area contributed by atoms with Gasteiger partial charge in [-0.15, -0.1) is 0 Å². The van der Waals surface area contributed by atoms with Crippen LogP contribution in [0.15, 0.2) is 45.8 Å². The molecule has 3 aromatic rings. The zero-order chi connectivity index (χ0) is 22.2. The number of aryl methyl sites for hydroxylation is 1. The molecule has 0 saturated heterocycles. The third-order valence-corrected chi connectivity index (χ3v) is 6.84. The first-order chi connectivity index (χ1) is 14.7. The Morgan fingerprint density at radius 2 is 1.97 bits per heavy atom. The van der Waals surface area contributed by atoms with Gasteiger partial charge in [0.05, 0.1) is 17.3 Å². The molecule has 2 heterocycles. The second kappa shape index (κ2) is 8.37. The first kappa shape index (κ1) is 21.4. The Morgan fingerprint density at radius 3 is 2.68 bits per heavy atom. The Bertz CT molecular complexity index is 1250. The zero-order valence-corrected chi connectivity index (χ0v) is 18.0. The van der Waals surface area contributed by atoms with Gasteiger partial charge in [0.2, 0.25) is 5.89 Å². The molecule has 0 fully saturated rings. The Balaban J connectivity index is 1.69. The molecular weight excluding hydrogens is 419 g/mol. The van der Waals surface area contributed by atoms with Crippen LogP contribution in [-0.2, 0) is 44.5 Å². The minimum atomic E-state index is -3.73. The second-order valence-electron chi connectivity index (χ2n) is 7.68. The number of hydrogen-bond donors (Lipinski definition) is 1. The van der Waals surface area contributed by atoms with Crippen LogP contribution >= 0.6 is 0 Å². The number of Topliss-reactive ketones (excluding diaryl/α,β-unsaturated/α-hetero) is 1. The SMILES string of the molecule is CC(=O)Cc1ccc(S(=O)(=O)Cc2ccc3c(c2)B(O)OC3)c(Cc2noc(C)n2)c1. The van der Waals surface area contributed by atoms with E-state index in [1.165, 1.54) is 13.0 Å². The normalized spacial score (nSPS) is 13.5. The number of fused-ring (bicyclic) bond motifs is 1. The molecule has 1 N–H and O–H groups in total. The van der Waals surface area contributed by atoms with Gasteiger partial charge in [-0.2, -0.15) is 4.98 Å². The molecule has 1 aromatic heterocycles. The van der Waals surface area contributed by atoms with Crippen molar-refractivity contribution in [2.45, 2.75) is 43.9 Å². The first-order valence-corrected chi connectivity index (χ1v) is 11.4. The Kier molecular flexibility index (Phi) is 5.78. The molecule has 31 heavy (non-hydrogen) atoms. The maximum Gasteiger partial charge on any atom is 0.491 e. The van der Waals surface area contributed by atoms with Crippen molar-refractivity contribution in [1.29, 1.82) is 0 Å². The number of ketones is 1. The van der Waals surface area contributed by atoms with Crippen LogP contribution in [0, 0.1) is 6.92 Å². The van der Waals surface area contributed by atoms with Gasteiger partial charge in [0.1, 0.15) is 5.78 Å². The number of aromatic nitrogens is 2. The summed E-state index contributed by atoms with van der Waals surface area (Å²) in [6.07, 6.45) is 0.371. The zero-order valence-electron chi connectivity index (χ0n) is 17.2. The lowest BCUT2D eigenvalue weighted by atomic mass is 9.79. The molecule has 0 saturated carbocycles. The molecule has 0 atom stereocenters. The first-order valence-electron chi connectivity index (χ1n) is 9.76. The molecule has 4 rings (SSSR count).